The highest BCUT2D eigenvalue weighted by atomic mass is 16.6. The monoisotopic (exact) mass is 286 g/mol. The van der Waals surface area contributed by atoms with Crippen molar-refractivity contribution in [3.8, 4) is 5.75 Å². The molecule has 0 saturated heterocycles. The third kappa shape index (κ3) is 12.8. The maximum absolute atomic E-state index is 10.4. The molecule has 6 nitrogen and oxygen atoms in total. The molecule has 0 aliphatic rings. The van der Waals surface area contributed by atoms with E-state index in [2.05, 4.69) is 4.74 Å². The zero-order valence-corrected chi connectivity index (χ0v) is 11.7. The first-order valence-electron chi connectivity index (χ1n) is 6.31. The number of benzene rings is 1. The second kappa shape index (κ2) is 13.8. The molecule has 1 rings (SSSR count). The van der Waals surface area contributed by atoms with Crippen LogP contribution in [-0.4, -0.2) is 55.8 Å². The summed E-state index contributed by atoms with van der Waals surface area (Å²) in [5, 5.41) is 16.2. The van der Waals surface area contributed by atoms with Gasteiger partial charge in [-0.1, -0.05) is 18.2 Å². The first kappa shape index (κ1) is 18.4. The minimum Gasteiger partial charge on any atom is -0.490 e. The first-order valence-corrected chi connectivity index (χ1v) is 6.31. The second-order valence-electron chi connectivity index (χ2n) is 3.56. The Labute approximate surface area is 118 Å². The minimum atomic E-state index is -0.281. The van der Waals surface area contributed by atoms with Gasteiger partial charge in [-0.05, 0) is 12.1 Å². The van der Waals surface area contributed by atoms with Crippen LogP contribution in [0.4, 0.5) is 0 Å². The molecule has 2 N–H and O–H groups in total. The third-order valence-electron chi connectivity index (χ3n) is 1.87. The van der Waals surface area contributed by atoms with E-state index in [1.54, 1.807) is 0 Å². The van der Waals surface area contributed by atoms with E-state index in [0.717, 1.165) is 5.75 Å². The van der Waals surface area contributed by atoms with E-state index >= 15 is 0 Å². The molecule has 0 atom stereocenters. The molecule has 0 amide bonds. The lowest BCUT2D eigenvalue weighted by Crippen LogP contribution is -2.09. The van der Waals surface area contributed by atoms with Crippen molar-refractivity contribution in [2.24, 2.45) is 0 Å². The summed E-state index contributed by atoms with van der Waals surface area (Å²) in [6, 6.07) is 9.41. The molecule has 0 aliphatic heterocycles. The van der Waals surface area contributed by atoms with Crippen molar-refractivity contribution in [2.75, 3.05) is 39.6 Å². The summed E-state index contributed by atoms with van der Waals surface area (Å²) in [6.45, 7) is 2.76. The van der Waals surface area contributed by atoms with Crippen molar-refractivity contribution in [3.63, 3.8) is 0 Å². The van der Waals surface area contributed by atoms with Gasteiger partial charge in [0.25, 0.3) is 0 Å². The number of para-hydroxylation sites is 1. The Bertz CT molecular complexity index is 324. The van der Waals surface area contributed by atoms with Gasteiger partial charge in [0.05, 0.1) is 26.4 Å². The van der Waals surface area contributed by atoms with E-state index in [0.29, 0.717) is 26.4 Å². The molecule has 1 aromatic rings. The SMILES string of the molecule is CC(=O)OCCOc1ccccc1.OCCOCCO. The normalized spacial score (nSPS) is 9.35. The van der Waals surface area contributed by atoms with Gasteiger partial charge in [0.15, 0.2) is 0 Å². The van der Waals surface area contributed by atoms with Gasteiger partial charge in [-0.25, -0.2) is 0 Å². The fourth-order valence-corrected chi connectivity index (χ4v) is 1.09. The van der Waals surface area contributed by atoms with E-state index < -0.39 is 0 Å². The molecule has 0 heterocycles. The van der Waals surface area contributed by atoms with Crippen LogP contribution in [0.25, 0.3) is 0 Å². The summed E-state index contributed by atoms with van der Waals surface area (Å²) in [6.07, 6.45) is 0. The van der Waals surface area contributed by atoms with Gasteiger partial charge in [0.1, 0.15) is 19.0 Å². The Morgan fingerprint density at radius 3 is 2.10 bits per heavy atom. The lowest BCUT2D eigenvalue weighted by atomic mass is 10.3. The van der Waals surface area contributed by atoms with Gasteiger partial charge in [0.2, 0.25) is 0 Å². The molecule has 0 radical (unpaired) electrons. The van der Waals surface area contributed by atoms with E-state index in [9.17, 15) is 4.79 Å². The standard InChI is InChI=1S/C10H12O3.C4H10O3/c1-9(11)12-7-8-13-10-5-3-2-4-6-10;5-1-3-7-4-2-6/h2-6H,7-8H2,1H3;5-6H,1-4H2. The lowest BCUT2D eigenvalue weighted by Gasteiger charge is -2.05. The van der Waals surface area contributed by atoms with E-state index in [1.165, 1.54) is 6.92 Å². The smallest absolute Gasteiger partial charge is 0.302 e. The van der Waals surface area contributed by atoms with E-state index in [-0.39, 0.29) is 19.2 Å². The molecule has 6 heteroatoms. The first-order chi connectivity index (χ1) is 9.70. The number of hydrogen-bond acceptors (Lipinski definition) is 6. The molecule has 114 valence electrons. The molecule has 0 spiro atoms. The highest BCUT2D eigenvalue weighted by molar-refractivity contribution is 5.65. The molecule has 20 heavy (non-hydrogen) atoms. The Morgan fingerprint density at radius 1 is 1.00 bits per heavy atom. The predicted molar refractivity (Wildman–Crippen MR) is 73.6 cm³/mol. The number of hydrogen-bond donors (Lipinski definition) is 2. The van der Waals surface area contributed by atoms with Crippen LogP contribution in [0.15, 0.2) is 30.3 Å². The van der Waals surface area contributed by atoms with Crippen LogP contribution in [0.5, 0.6) is 5.75 Å². The van der Waals surface area contributed by atoms with Crippen molar-refractivity contribution in [2.45, 2.75) is 6.92 Å². The fraction of sp³-hybridized carbons (Fsp3) is 0.500. The molecule has 0 saturated carbocycles. The van der Waals surface area contributed by atoms with Crippen molar-refractivity contribution < 1.29 is 29.2 Å². The number of rotatable bonds is 8. The fourth-order valence-electron chi connectivity index (χ4n) is 1.09. The molecule has 0 fully saturated rings. The Kier molecular flexibility index (Phi) is 12.7. The molecule has 1 aromatic carbocycles. The van der Waals surface area contributed by atoms with Gasteiger partial charge in [-0.2, -0.15) is 0 Å². The van der Waals surface area contributed by atoms with Crippen molar-refractivity contribution in [1.29, 1.82) is 0 Å². The van der Waals surface area contributed by atoms with E-state index in [4.69, 9.17) is 19.7 Å². The van der Waals surface area contributed by atoms with Gasteiger partial charge in [0, 0.05) is 6.92 Å². The van der Waals surface area contributed by atoms with Gasteiger partial charge < -0.3 is 24.4 Å². The summed E-state index contributed by atoms with van der Waals surface area (Å²) in [4.78, 5) is 10.4. The number of esters is 1. The molecule has 0 aliphatic carbocycles. The van der Waals surface area contributed by atoms with Crippen molar-refractivity contribution in [3.05, 3.63) is 30.3 Å². The zero-order chi connectivity index (χ0) is 15.1. The number of aliphatic hydroxyl groups is 2. The van der Waals surface area contributed by atoms with Crippen LogP contribution in [-0.2, 0) is 14.3 Å². The van der Waals surface area contributed by atoms with Crippen LogP contribution in [0.1, 0.15) is 6.92 Å². The highest BCUT2D eigenvalue weighted by Gasteiger charge is 1.93. The Balaban J connectivity index is 0.000000441. The third-order valence-corrected chi connectivity index (χ3v) is 1.87. The Morgan fingerprint density at radius 2 is 1.60 bits per heavy atom. The molecule has 0 bridgehead atoms. The van der Waals surface area contributed by atoms with Gasteiger partial charge >= 0.3 is 5.97 Å². The maximum atomic E-state index is 10.4. The number of aliphatic hydroxyl groups excluding tert-OH is 2. The summed E-state index contributed by atoms with van der Waals surface area (Å²) in [5.41, 5.74) is 0. The van der Waals surface area contributed by atoms with Crippen LogP contribution < -0.4 is 4.74 Å². The molecular weight excluding hydrogens is 264 g/mol. The van der Waals surface area contributed by atoms with E-state index in [1.807, 2.05) is 30.3 Å². The van der Waals surface area contributed by atoms with Crippen molar-refractivity contribution >= 4 is 5.97 Å². The largest absolute Gasteiger partial charge is 0.490 e. The second-order valence-corrected chi connectivity index (χ2v) is 3.56. The number of carbonyl (C=O) groups is 1. The van der Waals surface area contributed by atoms with Gasteiger partial charge in [-0.15, -0.1) is 0 Å². The summed E-state index contributed by atoms with van der Waals surface area (Å²) < 4.78 is 14.6. The predicted octanol–water partition coefficient (Wildman–Crippen LogP) is 0.616. The van der Waals surface area contributed by atoms with Crippen LogP contribution in [0, 0.1) is 0 Å². The topological polar surface area (TPSA) is 85.2 Å². The average molecular weight is 286 g/mol. The van der Waals surface area contributed by atoms with Gasteiger partial charge in [-0.3, -0.25) is 4.79 Å². The van der Waals surface area contributed by atoms with Crippen LogP contribution in [0.3, 0.4) is 0 Å². The number of carbonyl (C=O) groups excluding carboxylic acids is 1. The molecular formula is C14H22O6. The number of ether oxygens (including phenoxy) is 3. The molecule has 0 aromatic heterocycles. The van der Waals surface area contributed by atoms with Crippen LogP contribution >= 0.6 is 0 Å². The molecule has 0 unspecified atom stereocenters. The van der Waals surface area contributed by atoms with Crippen molar-refractivity contribution in [1.82, 2.24) is 0 Å². The maximum Gasteiger partial charge on any atom is 0.302 e. The summed E-state index contributed by atoms with van der Waals surface area (Å²) >= 11 is 0. The summed E-state index contributed by atoms with van der Waals surface area (Å²) in [7, 11) is 0. The summed E-state index contributed by atoms with van der Waals surface area (Å²) in [5.74, 6) is 0.506. The quantitative estimate of drug-likeness (QED) is 0.538. The lowest BCUT2D eigenvalue weighted by molar-refractivity contribution is -0.141. The Hall–Kier alpha value is -1.63. The van der Waals surface area contributed by atoms with Crippen LogP contribution in [0.2, 0.25) is 0 Å². The zero-order valence-electron chi connectivity index (χ0n) is 11.7. The highest BCUT2D eigenvalue weighted by Crippen LogP contribution is 2.07. The minimum absolute atomic E-state index is 0.0278. The average Bonchev–Trinajstić information content (AvgIpc) is 2.46.